The minimum atomic E-state index is -0.350. The summed E-state index contributed by atoms with van der Waals surface area (Å²) in [4.78, 5) is 14.9. The monoisotopic (exact) mass is 387 g/mol. The molecule has 1 aliphatic heterocycles. The second kappa shape index (κ2) is 8.11. The highest BCUT2D eigenvalue weighted by Gasteiger charge is 2.22. The summed E-state index contributed by atoms with van der Waals surface area (Å²) in [5, 5.41) is 1.18. The highest BCUT2D eigenvalue weighted by Crippen LogP contribution is 2.33. The zero-order chi connectivity index (χ0) is 18.1. The third kappa shape index (κ3) is 3.99. The number of benzene rings is 2. The van der Waals surface area contributed by atoms with Gasteiger partial charge in [-0.05, 0) is 74.8 Å². The zero-order valence-corrected chi connectivity index (χ0v) is 16.0. The number of rotatable bonds is 3. The molecule has 0 atom stereocenters. The van der Waals surface area contributed by atoms with Gasteiger partial charge < -0.3 is 4.90 Å². The first-order chi connectivity index (χ1) is 12.6. The number of amides is 1. The topological polar surface area (TPSA) is 37.3 Å². The summed E-state index contributed by atoms with van der Waals surface area (Å²) in [6.45, 7) is 2.18. The third-order valence-corrected chi connectivity index (χ3v) is 5.23. The van der Waals surface area contributed by atoms with Gasteiger partial charge >= 0.3 is 0 Å². The Kier molecular flexibility index (Phi) is 5.82. The number of fused-ring (bicyclic) bond motifs is 1. The zero-order valence-electron chi connectivity index (χ0n) is 15.2. The highest BCUT2D eigenvalue weighted by atomic mass is 35.5. The molecule has 0 unspecified atom stereocenters. The third-order valence-electron chi connectivity index (χ3n) is 5.23. The van der Waals surface area contributed by atoms with E-state index < -0.39 is 0 Å². The molecule has 4 nitrogen and oxygen atoms in total. The predicted octanol–water partition coefficient (Wildman–Crippen LogP) is 4.40. The normalized spacial score (nSPS) is 15.5. The summed E-state index contributed by atoms with van der Waals surface area (Å²) in [6, 6.07) is 13.7. The van der Waals surface area contributed by atoms with E-state index >= 15 is 0 Å². The molecule has 27 heavy (non-hydrogen) atoms. The molecule has 1 N–H and O–H groups in total. The maximum Gasteiger partial charge on any atom is 0.270 e. The lowest BCUT2D eigenvalue weighted by Gasteiger charge is -2.28. The molecule has 6 heteroatoms. The van der Waals surface area contributed by atoms with E-state index in [0.29, 0.717) is 11.5 Å². The van der Waals surface area contributed by atoms with Crippen LogP contribution in [0.3, 0.4) is 0 Å². The molecule has 1 fully saturated rings. The van der Waals surface area contributed by atoms with E-state index in [9.17, 15) is 9.18 Å². The first-order valence-corrected chi connectivity index (χ1v) is 8.97. The van der Waals surface area contributed by atoms with E-state index in [-0.39, 0.29) is 24.1 Å². The van der Waals surface area contributed by atoms with E-state index in [4.69, 9.17) is 0 Å². The van der Waals surface area contributed by atoms with Crippen molar-refractivity contribution in [3.8, 4) is 0 Å². The molecule has 1 amide bonds. The van der Waals surface area contributed by atoms with Crippen molar-refractivity contribution in [2.75, 3.05) is 25.6 Å². The average molecular weight is 388 g/mol. The molecule has 1 aliphatic rings. The van der Waals surface area contributed by atoms with Gasteiger partial charge in [0.05, 0.1) is 5.52 Å². The van der Waals surface area contributed by atoms with Gasteiger partial charge in [0.15, 0.2) is 0 Å². The average Bonchev–Trinajstić information content (AvgIpc) is 3.02. The van der Waals surface area contributed by atoms with Crippen LogP contribution in [-0.2, 0) is 0 Å². The Morgan fingerprint density at radius 2 is 1.74 bits per heavy atom. The molecule has 1 aromatic heterocycles. The van der Waals surface area contributed by atoms with E-state index in [1.165, 1.54) is 35.2 Å². The van der Waals surface area contributed by atoms with Crippen molar-refractivity contribution in [2.45, 2.75) is 18.8 Å². The number of hydrogen-bond acceptors (Lipinski definition) is 2. The van der Waals surface area contributed by atoms with E-state index in [1.807, 2.05) is 24.4 Å². The number of piperidine rings is 1. The summed E-state index contributed by atoms with van der Waals surface area (Å²) in [5.74, 6) is -0.0988. The number of nitrogens with zero attached hydrogens (tertiary/aromatic N) is 2. The van der Waals surface area contributed by atoms with Crippen molar-refractivity contribution < 1.29 is 9.18 Å². The summed E-state index contributed by atoms with van der Waals surface area (Å²) < 4.78 is 14.9. The Morgan fingerprint density at radius 3 is 2.44 bits per heavy atom. The van der Waals surface area contributed by atoms with Crippen LogP contribution in [0.4, 0.5) is 4.39 Å². The smallest absolute Gasteiger partial charge is 0.270 e. The molecule has 1 saturated heterocycles. The number of likely N-dealkylation sites (tertiary alicyclic amines) is 1. The lowest BCUT2D eigenvalue weighted by molar-refractivity contribution is 0.101. The van der Waals surface area contributed by atoms with Crippen LogP contribution in [-0.4, -0.2) is 35.6 Å². The van der Waals surface area contributed by atoms with Crippen LogP contribution in [0.25, 0.3) is 10.9 Å². The lowest BCUT2D eigenvalue weighted by atomic mass is 9.89. The van der Waals surface area contributed by atoms with Gasteiger partial charge in [0.1, 0.15) is 5.82 Å². The SMILES string of the molecule is CN1CCC(c2cn(NC(=O)c3ccc(F)cc3)c3ccccc23)CC1.Cl. The molecule has 0 saturated carbocycles. The number of hydrogen-bond donors (Lipinski definition) is 1. The second-order valence-corrected chi connectivity index (χ2v) is 7.00. The molecular weight excluding hydrogens is 365 g/mol. The number of halogens is 2. The lowest BCUT2D eigenvalue weighted by Crippen LogP contribution is -2.29. The molecule has 142 valence electrons. The summed E-state index contributed by atoms with van der Waals surface area (Å²) >= 11 is 0. The molecule has 0 bridgehead atoms. The fourth-order valence-corrected chi connectivity index (χ4v) is 3.72. The van der Waals surface area contributed by atoms with Gasteiger partial charge in [-0.15, -0.1) is 12.4 Å². The Bertz CT molecular complexity index is 930. The summed E-state index contributed by atoms with van der Waals surface area (Å²) in [6.07, 6.45) is 4.29. The highest BCUT2D eigenvalue weighted by molar-refractivity contribution is 6.01. The fraction of sp³-hybridized carbons (Fsp3) is 0.286. The number of carbonyl (C=O) groups is 1. The van der Waals surface area contributed by atoms with Crippen molar-refractivity contribution in [3.63, 3.8) is 0 Å². The number of carbonyl (C=O) groups excluding carboxylic acids is 1. The Labute approximate surface area is 164 Å². The van der Waals surface area contributed by atoms with Gasteiger partial charge in [0.25, 0.3) is 5.91 Å². The van der Waals surface area contributed by atoms with Crippen LogP contribution in [0, 0.1) is 5.82 Å². The van der Waals surface area contributed by atoms with Gasteiger partial charge in [0.2, 0.25) is 0 Å². The van der Waals surface area contributed by atoms with Crippen LogP contribution in [0.15, 0.2) is 54.7 Å². The molecule has 0 spiro atoms. The largest absolute Gasteiger partial charge is 0.306 e. The summed E-state index contributed by atoms with van der Waals surface area (Å²) in [5.41, 5.74) is 5.64. The number of para-hydroxylation sites is 1. The van der Waals surface area contributed by atoms with Crippen molar-refractivity contribution >= 4 is 29.2 Å². The van der Waals surface area contributed by atoms with Crippen LogP contribution in [0.2, 0.25) is 0 Å². The van der Waals surface area contributed by atoms with Crippen LogP contribution >= 0.6 is 12.4 Å². The van der Waals surface area contributed by atoms with Gasteiger partial charge in [-0.3, -0.25) is 14.9 Å². The van der Waals surface area contributed by atoms with Crippen molar-refractivity contribution in [2.24, 2.45) is 0 Å². The van der Waals surface area contributed by atoms with Crippen LogP contribution in [0.1, 0.15) is 34.7 Å². The minimum Gasteiger partial charge on any atom is -0.306 e. The standard InChI is InChI=1S/C21H22FN3O.ClH/c1-24-12-10-15(11-13-24)19-14-25(20-5-3-2-4-18(19)20)23-21(26)16-6-8-17(22)9-7-16;/h2-9,14-15H,10-13H2,1H3,(H,23,26);1H. The Morgan fingerprint density at radius 1 is 1.07 bits per heavy atom. The molecular formula is C21H23ClFN3O. The van der Waals surface area contributed by atoms with Crippen molar-refractivity contribution in [1.29, 1.82) is 0 Å². The van der Waals surface area contributed by atoms with E-state index in [0.717, 1.165) is 31.4 Å². The molecule has 2 heterocycles. The predicted molar refractivity (Wildman–Crippen MR) is 109 cm³/mol. The van der Waals surface area contributed by atoms with E-state index in [1.54, 1.807) is 4.68 Å². The minimum absolute atomic E-state index is 0. The fourth-order valence-electron chi connectivity index (χ4n) is 3.72. The molecule has 2 aromatic carbocycles. The van der Waals surface area contributed by atoms with Crippen LogP contribution in [0.5, 0.6) is 0 Å². The second-order valence-electron chi connectivity index (χ2n) is 7.00. The first kappa shape index (κ1) is 19.4. The Hall–Kier alpha value is -2.37. The van der Waals surface area contributed by atoms with Crippen molar-refractivity contribution in [3.05, 3.63) is 71.7 Å². The van der Waals surface area contributed by atoms with E-state index in [2.05, 4.69) is 23.4 Å². The Balaban J connectivity index is 0.00000210. The summed E-state index contributed by atoms with van der Waals surface area (Å²) in [7, 11) is 2.16. The van der Waals surface area contributed by atoms with Crippen LogP contribution < -0.4 is 5.43 Å². The number of aromatic nitrogens is 1. The quantitative estimate of drug-likeness (QED) is 0.723. The van der Waals surface area contributed by atoms with Crippen molar-refractivity contribution in [1.82, 2.24) is 9.58 Å². The van der Waals surface area contributed by atoms with Gasteiger partial charge in [-0.1, -0.05) is 18.2 Å². The molecule has 0 aliphatic carbocycles. The van der Waals surface area contributed by atoms with Gasteiger partial charge in [-0.2, -0.15) is 0 Å². The molecule has 0 radical (unpaired) electrons. The first-order valence-electron chi connectivity index (χ1n) is 8.97. The maximum atomic E-state index is 13.1. The van der Waals surface area contributed by atoms with Gasteiger partial charge in [0, 0.05) is 17.1 Å². The molecule has 4 rings (SSSR count). The molecule has 3 aromatic rings. The maximum absolute atomic E-state index is 13.1. The van der Waals surface area contributed by atoms with Gasteiger partial charge in [-0.25, -0.2) is 4.39 Å². The number of nitrogens with one attached hydrogen (secondary N) is 1.